The molecule has 0 atom stereocenters. The van der Waals surface area contributed by atoms with Crippen LogP contribution in [-0.2, 0) is 0 Å². The van der Waals surface area contributed by atoms with Gasteiger partial charge in [0.2, 0.25) is 0 Å². The smallest absolute Gasteiger partial charge is 0.270 e. The maximum Gasteiger partial charge on any atom is 0.270 e. The number of nitrogens with one attached hydrogen (secondary N) is 1. The lowest BCUT2D eigenvalue weighted by Gasteiger charge is -1.99. The number of rotatable bonds is 4. The summed E-state index contributed by atoms with van der Waals surface area (Å²) >= 11 is 0. The Labute approximate surface area is 82.8 Å². The molecular weight excluding hydrogens is 178 g/mol. The van der Waals surface area contributed by atoms with E-state index in [9.17, 15) is 4.79 Å². The van der Waals surface area contributed by atoms with Crippen LogP contribution >= 0.6 is 0 Å². The van der Waals surface area contributed by atoms with E-state index < -0.39 is 0 Å². The number of amides is 1. The molecule has 3 N–H and O–H groups in total. The first-order valence-electron chi connectivity index (χ1n) is 4.39. The quantitative estimate of drug-likeness (QED) is 0.674. The Hall–Kier alpha value is -1.68. The third kappa shape index (κ3) is 3.37. The van der Waals surface area contributed by atoms with Crippen molar-refractivity contribution in [1.29, 1.82) is 0 Å². The fraction of sp³-hybridized carbons (Fsp3) is 0.200. The van der Waals surface area contributed by atoms with Crippen molar-refractivity contribution >= 4 is 5.91 Å². The van der Waals surface area contributed by atoms with Crippen LogP contribution in [0.4, 0.5) is 0 Å². The maximum absolute atomic E-state index is 11.4. The van der Waals surface area contributed by atoms with Gasteiger partial charge in [0.05, 0.1) is 0 Å². The Bertz CT molecular complexity index is 308. The Morgan fingerprint density at radius 3 is 3.00 bits per heavy atom. The van der Waals surface area contributed by atoms with Crippen LogP contribution in [0.25, 0.3) is 0 Å². The number of pyridine rings is 1. The first-order chi connectivity index (χ1) is 6.84. The fourth-order valence-corrected chi connectivity index (χ4v) is 0.919. The molecule has 4 heteroatoms. The first kappa shape index (κ1) is 10.4. The lowest BCUT2D eigenvalue weighted by atomic mass is 10.3. The molecule has 1 aromatic rings. The lowest BCUT2D eigenvalue weighted by molar-refractivity contribution is 0.0953. The SMILES string of the molecule is NC/C=C/CNC(=O)c1ccccn1. The minimum atomic E-state index is -0.174. The highest BCUT2D eigenvalue weighted by molar-refractivity contribution is 5.92. The fourth-order valence-electron chi connectivity index (χ4n) is 0.919. The number of carbonyl (C=O) groups is 1. The van der Waals surface area contributed by atoms with Gasteiger partial charge in [-0.05, 0) is 12.1 Å². The second kappa shape index (κ2) is 5.88. The van der Waals surface area contributed by atoms with Crippen molar-refractivity contribution in [3.05, 3.63) is 42.2 Å². The molecule has 0 fully saturated rings. The average Bonchev–Trinajstić information content (AvgIpc) is 2.25. The van der Waals surface area contributed by atoms with Crippen LogP contribution in [0.15, 0.2) is 36.5 Å². The van der Waals surface area contributed by atoms with Crippen LogP contribution in [0, 0.1) is 0 Å². The van der Waals surface area contributed by atoms with E-state index in [0.717, 1.165) is 0 Å². The topological polar surface area (TPSA) is 68.0 Å². The number of aromatic nitrogens is 1. The van der Waals surface area contributed by atoms with Gasteiger partial charge in [0, 0.05) is 19.3 Å². The Kier molecular flexibility index (Phi) is 4.37. The van der Waals surface area contributed by atoms with Crippen molar-refractivity contribution in [2.45, 2.75) is 0 Å². The molecule has 1 heterocycles. The molecule has 0 saturated heterocycles. The number of carbonyl (C=O) groups excluding carboxylic acids is 1. The molecule has 4 nitrogen and oxygen atoms in total. The number of hydrogen-bond acceptors (Lipinski definition) is 3. The largest absolute Gasteiger partial charge is 0.347 e. The second-order valence-corrected chi connectivity index (χ2v) is 2.63. The molecule has 0 aliphatic heterocycles. The Balaban J connectivity index is 2.40. The van der Waals surface area contributed by atoms with Gasteiger partial charge >= 0.3 is 0 Å². The van der Waals surface area contributed by atoms with Crippen molar-refractivity contribution in [3.63, 3.8) is 0 Å². The Morgan fingerprint density at radius 2 is 2.36 bits per heavy atom. The molecule has 0 saturated carbocycles. The summed E-state index contributed by atoms with van der Waals surface area (Å²) in [5.41, 5.74) is 5.67. The molecular formula is C10H13N3O. The van der Waals surface area contributed by atoms with Gasteiger partial charge in [0.25, 0.3) is 5.91 Å². The Morgan fingerprint density at radius 1 is 1.50 bits per heavy atom. The standard InChI is InChI=1S/C10H13N3O/c11-6-2-4-8-13-10(14)9-5-1-3-7-12-9/h1-5,7H,6,8,11H2,(H,13,14)/b4-2+. The predicted molar refractivity (Wildman–Crippen MR) is 54.8 cm³/mol. The van der Waals surface area contributed by atoms with E-state index in [2.05, 4.69) is 10.3 Å². The summed E-state index contributed by atoms with van der Waals surface area (Å²) in [6, 6.07) is 5.21. The van der Waals surface area contributed by atoms with Gasteiger partial charge in [0.15, 0.2) is 0 Å². The zero-order valence-electron chi connectivity index (χ0n) is 7.81. The third-order valence-corrected chi connectivity index (χ3v) is 1.58. The molecule has 1 rings (SSSR count). The number of nitrogens with two attached hydrogens (primary N) is 1. The summed E-state index contributed by atoms with van der Waals surface area (Å²) in [4.78, 5) is 15.3. The monoisotopic (exact) mass is 191 g/mol. The maximum atomic E-state index is 11.4. The molecule has 0 spiro atoms. The minimum Gasteiger partial charge on any atom is -0.347 e. The zero-order valence-corrected chi connectivity index (χ0v) is 7.81. The predicted octanol–water partition coefficient (Wildman–Crippen LogP) is 0.326. The van der Waals surface area contributed by atoms with Crippen molar-refractivity contribution in [2.24, 2.45) is 5.73 Å². The normalized spacial score (nSPS) is 10.4. The number of nitrogens with zero attached hydrogens (tertiary/aromatic N) is 1. The van der Waals surface area contributed by atoms with E-state index in [1.165, 1.54) is 0 Å². The molecule has 74 valence electrons. The van der Waals surface area contributed by atoms with Crippen LogP contribution in [-0.4, -0.2) is 24.0 Å². The third-order valence-electron chi connectivity index (χ3n) is 1.58. The van der Waals surface area contributed by atoms with Crippen LogP contribution in [0.3, 0.4) is 0 Å². The molecule has 0 aliphatic rings. The highest BCUT2D eigenvalue weighted by Crippen LogP contribution is 1.91. The van der Waals surface area contributed by atoms with Crippen molar-refractivity contribution in [2.75, 3.05) is 13.1 Å². The summed E-state index contributed by atoms with van der Waals surface area (Å²) in [6.07, 6.45) is 5.18. The number of hydrogen-bond donors (Lipinski definition) is 2. The van der Waals surface area contributed by atoms with Gasteiger partial charge in [0.1, 0.15) is 5.69 Å². The van der Waals surface area contributed by atoms with Gasteiger partial charge in [-0.3, -0.25) is 9.78 Å². The first-order valence-corrected chi connectivity index (χ1v) is 4.39. The van der Waals surface area contributed by atoms with Gasteiger partial charge in [-0.1, -0.05) is 18.2 Å². The summed E-state index contributed by atoms with van der Waals surface area (Å²) in [7, 11) is 0. The van der Waals surface area contributed by atoms with Crippen LogP contribution < -0.4 is 11.1 Å². The van der Waals surface area contributed by atoms with Gasteiger partial charge in [-0.15, -0.1) is 0 Å². The van der Waals surface area contributed by atoms with Crippen LogP contribution in [0.2, 0.25) is 0 Å². The molecule has 1 amide bonds. The summed E-state index contributed by atoms with van der Waals surface area (Å²) < 4.78 is 0. The van der Waals surface area contributed by atoms with Crippen molar-refractivity contribution < 1.29 is 4.79 Å². The highest BCUT2D eigenvalue weighted by atomic mass is 16.1. The lowest BCUT2D eigenvalue weighted by Crippen LogP contribution is -2.24. The van der Waals surface area contributed by atoms with Gasteiger partial charge in [-0.25, -0.2) is 0 Å². The van der Waals surface area contributed by atoms with Gasteiger partial charge < -0.3 is 11.1 Å². The highest BCUT2D eigenvalue weighted by Gasteiger charge is 2.02. The molecule has 0 aromatic carbocycles. The minimum absolute atomic E-state index is 0.174. The molecule has 0 radical (unpaired) electrons. The van der Waals surface area contributed by atoms with E-state index in [0.29, 0.717) is 18.8 Å². The van der Waals surface area contributed by atoms with E-state index in [1.54, 1.807) is 36.5 Å². The van der Waals surface area contributed by atoms with E-state index in [1.807, 2.05) is 0 Å². The summed E-state index contributed by atoms with van der Waals surface area (Å²) in [5, 5.41) is 2.69. The summed E-state index contributed by atoms with van der Waals surface area (Å²) in [6.45, 7) is 0.964. The molecule has 14 heavy (non-hydrogen) atoms. The zero-order chi connectivity index (χ0) is 10.2. The van der Waals surface area contributed by atoms with Gasteiger partial charge in [-0.2, -0.15) is 0 Å². The van der Waals surface area contributed by atoms with E-state index >= 15 is 0 Å². The second-order valence-electron chi connectivity index (χ2n) is 2.63. The average molecular weight is 191 g/mol. The van der Waals surface area contributed by atoms with E-state index in [-0.39, 0.29) is 5.91 Å². The van der Waals surface area contributed by atoms with Crippen molar-refractivity contribution in [1.82, 2.24) is 10.3 Å². The van der Waals surface area contributed by atoms with Crippen LogP contribution in [0.1, 0.15) is 10.5 Å². The molecule has 1 aromatic heterocycles. The molecule has 0 unspecified atom stereocenters. The summed E-state index contributed by atoms with van der Waals surface area (Å²) in [5.74, 6) is -0.174. The van der Waals surface area contributed by atoms with Crippen molar-refractivity contribution in [3.8, 4) is 0 Å². The van der Waals surface area contributed by atoms with E-state index in [4.69, 9.17) is 5.73 Å². The molecule has 0 aliphatic carbocycles. The van der Waals surface area contributed by atoms with Crippen LogP contribution in [0.5, 0.6) is 0 Å². The molecule has 0 bridgehead atoms.